The molecule has 1 atom stereocenters. The van der Waals surface area contributed by atoms with E-state index in [2.05, 4.69) is 6.07 Å². The van der Waals surface area contributed by atoms with Crippen molar-refractivity contribution in [1.29, 1.82) is 0 Å². The Hall–Kier alpha value is -0.240. The van der Waals surface area contributed by atoms with E-state index < -0.39 is 0 Å². The van der Waals surface area contributed by atoms with Crippen LogP contribution < -0.4 is 0 Å². The maximum Gasteiger partial charge on any atom is 0.0505 e. The number of benzene rings is 1. The van der Waals surface area contributed by atoms with Crippen LogP contribution in [-0.4, -0.2) is 19.6 Å². The van der Waals surface area contributed by atoms with Crippen molar-refractivity contribution < 1.29 is 4.74 Å². The van der Waals surface area contributed by atoms with Crippen LogP contribution in [0.5, 0.6) is 0 Å². The van der Waals surface area contributed by atoms with E-state index in [9.17, 15) is 0 Å². The minimum Gasteiger partial charge on any atom is -0.384 e. The minimum atomic E-state index is 0.361. The Kier molecular flexibility index (Phi) is 5.31. The summed E-state index contributed by atoms with van der Waals surface area (Å²) in [6.45, 7) is 0.690. The zero-order valence-corrected chi connectivity index (χ0v) is 9.68. The van der Waals surface area contributed by atoms with E-state index >= 15 is 0 Å². The Morgan fingerprint density at radius 2 is 2.21 bits per heavy atom. The fourth-order valence-corrected chi connectivity index (χ4v) is 1.80. The molecule has 0 N–H and O–H groups in total. The van der Waals surface area contributed by atoms with Crippen molar-refractivity contribution >= 4 is 23.2 Å². The molecule has 0 aliphatic carbocycles. The summed E-state index contributed by atoms with van der Waals surface area (Å²) in [5, 5.41) is 0.772. The Balaban J connectivity index is 2.57. The molecule has 0 bridgehead atoms. The summed E-state index contributed by atoms with van der Waals surface area (Å²) in [6.07, 6.45) is 0.915. The van der Waals surface area contributed by atoms with Gasteiger partial charge in [0.1, 0.15) is 0 Å². The van der Waals surface area contributed by atoms with Gasteiger partial charge in [0.2, 0.25) is 0 Å². The third-order valence-corrected chi connectivity index (χ3v) is 2.71. The average molecular weight is 233 g/mol. The molecule has 14 heavy (non-hydrogen) atoms. The van der Waals surface area contributed by atoms with Crippen LogP contribution in [0, 0.1) is 5.92 Å². The summed E-state index contributed by atoms with van der Waals surface area (Å²) in [6, 6.07) is 7.85. The summed E-state index contributed by atoms with van der Waals surface area (Å²) in [5.41, 5.74) is 1.21. The number of ether oxygens (including phenoxy) is 1. The molecule has 0 saturated heterocycles. The molecule has 0 aliphatic rings. The molecule has 0 spiro atoms. The van der Waals surface area contributed by atoms with Crippen molar-refractivity contribution in [2.24, 2.45) is 5.92 Å². The lowest BCUT2D eigenvalue weighted by Gasteiger charge is -2.12. The SMILES string of the molecule is COCC(CCl)Cc1cccc(Cl)c1. The minimum absolute atomic E-state index is 0.361. The second-order valence-electron chi connectivity index (χ2n) is 3.31. The van der Waals surface area contributed by atoms with Crippen LogP contribution in [0.3, 0.4) is 0 Å². The summed E-state index contributed by atoms with van der Waals surface area (Å²) in [4.78, 5) is 0. The largest absolute Gasteiger partial charge is 0.384 e. The predicted molar refractivity (Wildman–Crippen MR) is 61.2 cm³/mol. The highest BCUT2D eigenvalue weighted by Gasteiger charge is 2.08. The molecule has 1 nitrogen and oxygen atoms in total. The van der Waals surface area contributed by atoms with Gasteiger partial charge in [-0.25, -0.2) is 0 Å². The molecule has 0 amide bonds. The molecule has 0 fully saturated rings. The number of methoxy groups -OCH3 is 1. The van der Waals surface area contributed by atoms with Gasteiger partial charge in [0.25, 0.3) is 0 Å². The first-order valence-electron chi connectivity index (χ1n) is 4.55. The molecule has 1 unspecified atom stereocenters. The standard InChI is InChI=1S/C11H14Cl2O/c1-14-8-10(7-12)5-9-3-2-4-11(13)6-9/h2-4,6,10H,5,7-8H2,1H3. The normalized spacial score (nSPS) is 12.8. The van der Waals surface area contributed by atoms with Crippen molar-refractivity contribution in [3.05, 3.63) is 34.9 Å². The van der Waals surface area contributed by atoms with Crippen LogP contribution in [-0.2, 0) is 11.2 Å². The zero-order chi connectivity index (χ0) is 10.4. The lowest BCUT2D eigenvalue weighted by Crippen LogP contribution is -2.12. The van der Waals surface area contributed by atoms with E-state index in [1.807, 2.05) is 18.2 Å². The first kappa shape index (κ1) is 11.8. The lowest BCUT2D eigenvalue weighted by molar-refractivity contribution is 0.161. The topological polar surface area (TPSA) is 9.23 Å². The highest BCUT2D eigenvalue weighted by Crippen LogP contribution is 2.15. The first-order valence-corrected chi connectivity index (χ1v) is 5.47. The van der Waals surface area contributed by atoms with E-state index in [0.29, 0.717) is 18.4 Å². The van der Waals surface area contributed by atoms with Gasteiger partial charge in [0.05, 0.1) is 6.61 Å². The highest BCUT2D eigenvalue weighted by atomic mass is 35.5. The summed E-state index contributed by atoms with van der Waals surface area (Å²) >= 11 is 11.7. The first-order chi connectivity index (χ1) is 6.76. The van der Waals surface area contributed by atoms with Crippen LogP contribution in [0.25, 0.3) is 0 Å². The van der Waals surface area contributed by atoms with E-state index in [0.717, 1.165) is 11.4 Å². The number of halogens is 2. The molecule has 1 rings (SSSR count). The Labute approximate surface area is 95.0 Å². The fourth-order valence-electron chi connectivity index (χ4n) is 1.39. The van der Waals surface area contributed by atoms with E-state index in [1.54, 1.807) is 7.11 Å². The quantitative estimate of drug-likeness (QED) is 0.708. The average Bonchev–Trinajstić information content (AvgIpc) is 2.17. The van der Waals surface area contributed by atoms with Gasteiger partial charge in [0, 0.05) is 18.0 Å². The zero-order valence-electron chi connectivity index (χ0n) is 8.17. The lowest BCUT2D eigenvalue weighted by atomic mass is 10.0. The number of rotatable bonds is 5. The summed E-state index contributed by atoms with van der Waals surface area (Å²) in [5.74, 6) is 0.973. The number of hydrogen-bond donors (Lipinski definition) is 0. The van der Waals surface area contributed by atoms with Gasteiger partial charge >= 0.3 is 0 Å². The molecule has 0 aliphatic heterocycles. The molecule has 3 heteroatoms. The molecule has 0 heterocycles. The second-order valence-corrected chi connectivity index (χ2v) is 4.05. The molecular formula is C11H14Cl2O. The number of alkyl halides is 1. The van der Waals surface area contributed by atoms with Crippen LogP contribution in [0.4, 0.5) is 0 Å². The van der Waals surface area contributed by atoms with Crippen LogP contribution in [0.15, 0.2) is 24.3 Å². The van der Waals surface area contributed by atoms with Crippen molar-refractivity contribution in [2.75, 3.05) is 19.6 Å². The van der Waals surface area contributed by atoms with Crippen molar-refractivity contribution in [1.82, 2.24) is 0 Å². The van der Waals surface area contributed by atoms with Crippen molar-refractivity contribution in [3.63, 3.8) is 0 Å². The van der Waals surface area contributed by atoms with E-state index in [4.69, 9.17) is 27.9 Å². The predicted octanol–water partition coefficient (Wildman–Crippen LogP) is 3.38. The molecular weight excluding hydrogens is 219 g/mol. The number of hydrogen-bond acceptors (Lipinski definition) is 1. The van der Waals surface area contributed by atoms with Crippen molar-refractivity contribution in [3.8, 4) is 0 Å². The van der Waals surface area contributed by atoms with Crippen LogP contribution >= 0.6 is 23.2 Å². The molecule has 78 valence electrons. The van der Waals surface area contributed by atoms with Crippen molar-refractivity contribution in [2.45, 2.75) is 6.42 Å². The van der Waals surface area contributed by atoms with Gasteiger partial charge < -0.3 is 4.74 Å². The van der Waals surface area contributed by atoms with Gasteiger partial charge in [-0.2, -0.15) is 0 Å². The fraction of sp³-hybridized carbons (Fsp3) is 0.455. The third-order valence-electron chi connectivity index (χ3n) is 2.03. The second kappa shape index (κ2) is 6.28. The monoisotopic (exact) mass is 232 g/mol. The van der Waals surface area contributed by atoms with Crippen LogP contribution in [0.2, 0.25) is 5.02 Å². The van der Waals surface area contributed by atoms with E-state index in [1.165, 1.54) is 5.56 Å². The molecule has 1 aromatic rings. The Morgan fingerprint density at radius 3 is 2.79 bits per heavy atom. The van der Waals surface area contributed by atoms with Gasteiger partial charge in [-0.05, 0) is 30.0 Å². The van der Waals surface area contributed by atoms with Gasteiger partial charge in [0.15, 0.2) is 0 Å². The van der Waals surface area contributed by atoms with Gasteiger partial charge in [-0.15, -0.1) is 11.6 Å². The maximum atomic E-state index is 5.88. The molecule has 0 aromatic heterocycles. The third kappa shape index (κ3) is 3.87. The maximum absolute atomic E-state index is 5.88. The molecule has 0 radical (unpaired) electrons. The van der Waals surface area contributed by atoms with E-state index in [-0.39, 0.29) is 0 Å². The molecule has 1 aromatic carbocycles. The highest BCUT2D eigenvalue weighted by molar-refractivity contribution is 6.30. The Bertz CT molecular complexity index is 276. The van der Waals surface area contributed by atoms with Gasteiger partial charge in [-0.1, -0.05) is 23.7 Å². The summed E-state index contributed by atoms with van der Waals surface area (Å²) in [7, 11) is 1.69. The molecule has 0 saturated carbocycles. The Morgan fingerprint density at radius 1 is 1.43 bits per heavy atom. The smallest absolute Gasteiger partial charge is 0.0505 e. The van der Waals surface area contributed by atoms with Gasteiger partial charge in [-0.3, -0.25) is 0 Å². The van der Waals surface area contributed by atoms with Crippen LogP contribution in [0.1, 0.15) is 5.56 Å². The summed E-state index contributed by atoms with van der Waals surface area (Å²) < 4.78 is 5.08.